The number of nitrogens with two attached hydrogens (primary N) is 1. The number of benzene rings is 1. The average molecular weight is 444 g/mol. The molecule has 2 heterocycles. The van der Waals surface area contributed by atoms with E-state index in [-0.39, 0.29) is 11.3 Å². The molecule has 2 aromatic rings. The van der Waals surface area contributed by atoms with Gasteiger partial charge >= 0.3 is 0 Å². The summed E-state index contributed by atoms with van der Waals surface area (Å²) in [5.41, 5.74) is -0.780. The molecule has 31 heavy (non-hydrogen) atoms. The van der Waals surface area contributed by atoms with E-state index in [0.29, 0.717) is 0 Å². The van der Waals surface area contributed by atoms with Gasteiger partial charge in [0.15, 0.2) is 17.0 Å². The SMILES string of the molecule is C[C@@]1(F)CC(F)(F)[C@@](C)(c2cc(CC(=O)c3cnc(C(F)F)cn3)ccc2F)N=C1N. The van der Waals surface area contributed by atoms with Crippen molar-refractivity contribution in [1.29, 1.82) is 0 Å². The third kappa shape index (κ3) is 4.13. The summed E-state index contributed by atoms with van der Waals surface area (Å²) in [6.45, 7) is 1.80. The molecule has 11 heteroatoms. The summed E-state index contributed by atoms with van der Waals surface area (Å²) in [5, 5.41) is 0. The lowest BCUT2D eigenvalue weighted by molar-refractivity contribution is -0.106. The van der Waals surface area contributed by atoms with Crippen LogP contribution < -0.4 is 5.73 Å². The van der Waals surface area contributed by atoms with Crippen LogP contribution in [0.5, 0.6) is 0 Å². The van der Waals surface area contributed by atoms with E-state index >= 15 is 0 Å². The molecule has 2 N–H and O–H groups in total. The predicted octanol–water partition coefficient (Wildman–Crippen LogP) is 4.32. The maximum Gasteiger partial charge on any atom is 0.281 e. The lowest BCUT2D eigenvalue weighted by atomic mass is 9.77. The largest absolute Gasteiger partial charge is 0.385 e. The van der Waals surface area contributed by atoms with Gasteiger partial charge in [0.25, 0.3) is 12.3 Å². The molecule has 1 aromatic heterocycles. The summed E-state index contributed by atoms with van der Waals surface area (Å²) >= 11 is 0. The van der Waals surface area contributed by atoms with Crippen LogP contribution in [-0.2, 0) is 12.0 Å². The number of rotatable bonds is 5. The van der Waals surface area contributed by atoms with Crippen LogP contribution in [0.15, 0.2) is 35.6 Å². The number of amidine groups is 1. The number of Topliss-reactive ketones (excluding diaryl/α,β-unsaturated/α-hetero) is 1. The number of carbonyl (C=O) groups excluding carboxylic acids is 1. The number of hydrogen-bond acceptors (Lipinski definition) is 5. The molecule has 0 saturated heterocycles. The summed E-state index contributed by atoms with van der Waals surface area (Å²) in [7, 11) is 0. The van der Waals surface area contributed by atoms with E-state index in [9.17, 15) is 31.1 Å². The Hall–Kier alpha value is -2.98. The van der Waals surface area contributed by atoms with Gasteiger partial charge in [-0.15, -0.1) is 0 Å². The number of carbonyl (C=O) groups is 1. The molecular formula is C20H18F6N4O. The van der Waals surface area contributed by atoms with Crippen LogP contribution in [0.2, 0.25) is 0 Å². The van der Waals surface area contributed by atoms with Crippen LogP contribution in [0.3, 0.4) is 0 Å². The highest BCUT2D eigenvalue weighted by Crippen LogP contribution is 2.50. The van der Waals surface area contributed by atoms with Gasteiger partial charge in [0.05, 0.1) is 18.8 Å². The van der Waals surface area contributed by atoms with Gasteiger partial charge < -0.3 is 5.73 Å². The molecule has 0 radical (unpaired) electrons. The van der Waals surface area contributed by atoms with Gasteiger partial charge in [-0.25, -0.2) is 31.3 Å². The fourth-order valence-corrected chi connectivity index (χ4v) is 3.30. The van der Waals surface area contributed by atoms with Gasteiger partial charge in [-0.05, 0) is 31.5 Å². The van der Waals surface area contributed by atoms with Gasteiger partial charge in [-0.1, -0.05) is 6.07 Å². The first-order valence-corrected chi connectivity index (χ1v) is 9.11. The van der Waals surface area contributed by atoms with Crippen LogP contribution >= 0.6 is 0 Å². The Morgan fingerprint density at radius 3 is 2.42 bits per heavy atom. The zero-order valence-corrected chi connectivity index (χ0v) is 16.5. The number of aromatic nitrogens is 2. The number of alkyl halides is 5. The average Bonchev–Trinajstić information content (AvgIpc) is 2.67. The predicted molar refractivity (Wildman–Crippen MR) is 99.5 cm³/mol. The number of hydrogen-bond donors (Lipinski definition) is 1. The van der Waals surface area contributed by atoms with Crippen molar-refractivity contribution in [1.82, 2.24) is 9.97 Å². The van der Waals surface area contributed by atoms with Crippen molar-refractivity contribution < 1.29 is 31.1 Å². The van der Waals surface area contributed by atoms with Crippen LogP contribution in [0.4, 0.5) is 26.3 Å². The molecule has 5 nitrogen and oxygen atoms in total. The smallest absolute Gasteiger partial charge is 0.281 e. The molecule has 0 saturated carbocycles. The van der Waals surface area contributed by atoms with Crippen molar-refractivity contribution in [2.75, 3.05) is 0 Å². The van der Waals surface area contributed by atoms with Crippen LogP contribution in [-0.4, -0.2) is 33.2 Å². The Morgan fingerprint density at radius 2 is 1.84 bits per heavy atom. The molecule has 0 aliphatic carbocycles. The molecule has 2 atom stereocenters. The maximum absolute atomic E-state index is 14.8. The summed E-state index contributed by atoms with van der Waals surface area (Å²) in [5.74, 6) is -6.14. The van der Waals surface area contributed by atoms with Crippen molar-refractivity contribution in [3.63, 3.8) is 0 Å². The molecule has 0 fully saturated rings. The van der Waals surface area contributed by atoms with Gasteiger partial charge in [-0.3, -0.25) is 14.8 Å². The van der Waals surface area contributed by atoms with E-state index in [1.54, 1.807) is 0 Å². The minimum atomic E-state index is -3.78. The normalized spacial score (nSPS) is 25.4. The van der Waals surface area contributed by atoms with E-state index in [1.165, 1.54) is 6.07 Å². The Balaban J connectivity index is 1.95. The monoisotopic (exact) mass is 444 g/mol. The third-order valence-corrected chi connectivity index (χ3v) is 5.25. The quantitative estimate of drug-likeness (QED) is 0.550. The van der Waals surface area contributed by atoms with Crippen molar-refractivity contribution in [3.8, 4) is 0 Å². The van der Waals surface area contributed by atoms with Crippen molar-refractivity contribution in [3.05, 3.63) is 58.9 Å². The topological polar surface area (TPSA) is 81.2 Å². The number of halogens is 6. The number of nitrogens with zero attached hydrogens (tertiary/aromatic N) is 3. The maximum atomic E-state index is 14.8. The van der Waals surface area contributed by atoms with Gasteiger partial charge in [-0.2, -0.15) is 0 Å². The van der Waals surface area contributed by atoms with E-state index < -0.39 is 65.1 Å². The number of ketones is 1. The Kier molecular flexibility index (Phi) is 5.57. The Labute approximate surface area is 173 Å². The highest BCUT2D eigenvalue weighted by Gasteiger charge is 2.60. The van der Waals surface area contributed by atoms with E-state index in [4.69, 9.17) is 5.73 Å². The van der Waals surface area contributed by atoms with Gasteiger partial charge in [0, 0.05) is 12.0 Å². The van der Waals surface area contributed by atoms with Crippen molar-refractivity contribution >= 4 is 11.6 Å². The molecule has 1 aromatic carbocycles. The fraction of sp³-hybridized carbons (Fsp3) is 0.400. The van der Waals surface area contributed by atoms with Crippen LogP contribution in [0, 0.1) is 5.82 Å². The second kappa shape index (κ2) is 7.61. The minimum absolute atomic E-state index is 0.139. The van der Waals surface area contributed by atoms with Crippen molar-refractivity contribution in [2.24, 2.45) is 10.7 Å². The van der Waals surface area contributed by atoms with Crippen LogP contribution in [0.25, 0.3) is 0 Å². The third-order valence-electron chi connectivity index (χ3n) is 5.25. The summed E-state index contributed by atoms with van der Waals surface area (Å²) in [4.78, 5) is 23.1. The molecule has 0 unspecified atom stereocenters. The first kappa shape index (κ1) is 22.7. The summed E-state index contributed by atoms with van der Waals surface area (Å²) in [6.07, 6.45) is -2.91. The van der Waals surface area contributed by atoms with E-state index in [0.717, 1.165) is 38.4 Å². The number of aliphatic imine (C=N–C) groups is 1. The van der Waals surface area contributed by atoms with Crippen molar-refractivity contribution in [2.45, 2.75) is 50.2 Å². The first-order chi connectivity index (χ1) is 14.3. The van der Waals surface area contributed by atoms with E-state index in [1.807, 2.05) is 0 Å². The molecular weight excluding hydrogens is 426 g/mol. The standard InChI is InChI=1S/C20H18F6N4O/c1-18(24)9-20(25,26)19(2,30-17(18)27)11-5-10(3-4-12(11)21)6-15(31)13-7-29-14(8-28-13)16(22)23/h3-5,7-8,16H,6,9H2,1-2H3,(H2,27,30)/t18-,19-/m1/s1. The molecule has 1 aliphatic heterocycles. The highest BCUT2D eigenvalue weighted by molar-refractivity contribution is 5.95. The Morgan fingerprint density at radius 1 is 1.16 bits per heavy atom. The zero-order chi connectivity index (χ0) is 23.2. The first-order valence-electron chi connectivity index (χ1n) is 9.11. The molecule has 3 rings (SSSR count). The minimum Gasteiger partial charge on any atom is -0.385 e. The molecule has 1 aliphatic rings. The summed E-state index contributed by atoms with van der Waals surface area (Å²) in [6, 6.07) is 3.12. The van der Waals surface area contributed by atoms with Crippen LogP contribution in [0.1, 0.15) is 54.0 Å². The second-order valence-electron chi connectivity index (χ2n) is 7.69. The molecule has 166 valence electrons. The summed E-state index contributed by atoms with van der Waals surface area (Å²) < 4.78 is 83.6. The second-order valence-corrected chi connectivity index (χ2v) is 7.69. The Bertz CT molecular complexity index is 1040. The molecule has 0 bridgehead atoms. The lowest BCUT2D eigenvalue weighted by Gasteiger charge is -2.42. The zero-order valence-electron chi connectivity index (χ0n) is 16.5. The van der Waals surface area contributed by atoms with Gasteiger partial charge in [0.1, 0.15) is 23.0 Å². The van der Waals surface area contributed by atoms with Gasteiger partial charge in [0.2, 0.25) is 0 Å². The lowest BCUT2D eigenvalue weighted by Crippen LogP contribution is -2.56. The fourth-order valence-electron chi connectivity index (χ4n) is 3.30. The highest BCUT2D eigenvalue weighted by atomic mass is 19.3. The molecule has 0 spiro atoms. The molecule has 0 amide bonds. The van der Waals surface area contributed by atoms with E-state index in [2.05, 4.69) is 15.0 Å².